The highest BCUT2D eigenvalue weighted by Crippen LogP contribution is 2.16. The number of carbonyl (C=O) groups is 1. The Morgan fingerprint density at radius 3 is 2.32 bits per heavy atom. The summed E-state index contributed by atoms with van der Waals surface area (Å²) in [4.78, 5) is 12.3. The fourth-order valence-electron chi connectivity index (χ4n) is 2.34. The van der Waals surface area contributed by atoms with Gasteiger partial charge in [-0.25, -0.2) is 13.8 Å². The Balaban J connectivity index is 1.63. The van der Waals surface area contributed by atoms with Gasteiger partial charge in [-0.2, -0.15) is 5.10 Å². The number of anilines is 1. The first kappa shape index (κ1) is 19.1. The second-order valence-corrected chi connectivity index (χ2v) is 7.47. The Bertz CT molecular complexity index is 1100. The van der Waals surface area contributed by atoms with Gasteiger partial charge in [0, 0.05) is 11.3 Å². The average Bonchev–Trinajstić information content (AvgIpc) is 2.69. The maximum Gasteiger partial charge on any atom is 0.271 e. The molecule has 142 valence electrons. The highest BCUT2D eigenvalue weighted by molar-refractivity contribution is 7.92. The van der Waals surface area contributed by atoms with E-state index in [1.54, 1.807) is 30.3 Å². The molecule has 0 atom stereocenters. The average molecular weight is 395 g/mol. The largest absolute Gasteiger partial charge is 0.508 e. The fourth-order valence-corrected chi connectivity index (χ4v) is 3.42. The number of rotatable bonds is 6. The van der Waals surface area contributed by atoms with Gasteiger partial charge in [-0.3, -0.25) is 9.52 Å². The molecular weight excluding hydrogens is 378 g/mol. The first-order valence-corrected chi connectivity index (χ1v) is 9.73. The zero-order valence-electron chi connectivity index (χ0n) is 14.6. The maximum absolute atomic E-state index is 12.3. The third kappa shape index (κ3) is 4.95. The van der Waals surface area contributed by atoms with Crippen LogP contribution >= 0.6 is 0 Å². The number of hydrogen-bond donors (Lipinski definition) is 3. The molecule has 0 radical (unpaired) electrons. The van der Waals surface area contributed by atoms with Gasteiger partial charge in [-0.1, -0.05) is 30.3 Å². The van der Waals surface area contributed by atoms with Gasteiger partial charge in [0.05, 0.1) is 11.1 Å². The molecule has 0 bridgehead atoms. The van der Waals surface area contributed by atoms with Crippen LogP contribution in [0.1, 0.15) is 15.9 Å². The minimum Gasteiger partial charge on any atom is -0.508 e. The molecule has 3 aromatic rings. The lowest BCUT2D eigenvalue weighted by molar-refractivity contribution is 0.0955. The van der Waals surface area contributed by atoms with E-state index in [1.165, 1.54) is 54.7 Å². The monoisotopic (exact) mass is 395 g/mol. The van der Waals surface area contributed by atoms with E-state index < -0.39 is 15.9 Å². The smallest absolute Gasteiger partial charge is 0.271 e. The molecule has 0 fully saturated rings. The van der Waals surface area contributed by atoms with Crippen molar-refractivity contribution in [2.24, 2.45) is 5.10 Å². The third-order valence-electron chi connectivity index (χ3n) is 3.70. The molecule has 0 aliphatic rings. The Hall–Kier alpha value is -3.65. The Labute approximate surface area is 162 Å². The molecule has 1 amide bonds. The molecule has 0 aliphatic heterocycles. The lowest BCUT2D eigenvalue weighted by Crippen LogP contribution is -2.18. The van der Waals surface area contributed by atoms with Crippen molar-refractivity contribution in [3.8, 4) is 5.75 Å². The summed E-state index contributed by atoms with van der Waals surface area (Å²) in [5, 5.41) is 13.2. The molecule has 0 saturated carbocycles. The summed E-state index contributed by atoms with van der Waals surface area (Å²) in [6.45, 7) is 0. The fraction of sp³-hybridized carbons (Fsp3) is 0. The number of sulfonamides is 1. The van der Waals surface area contributed by atoms with Gasteiger partial charge in [0.25, 0.3) is 15.9 Å². The van der Waals surface area contributed by atoms with Crippen LogP contribution < -0.4 is 10.1 Å². The van der Waals surface area contributed by atoms with Crippen LogP contribution in [0, 0.1) is 0 Å². The van der Waals surface area contributed by atoms with Crippen molar-refractivity contribution in [2.45, 2.75) is 4.90 Å². The first-order valence-electron chi connectivity index (χ1n) is 8.24. The first-order chi connectivity index (χ1) is 13.4. The molecular formula is C20H17N3O4S. The number of hydrogen-bond acceptors (Lipinski definition) is 5. The quantitative estimate of drug-likeness (QED) is 0.440. The number of aromatic hydroxyl groups is 1. The highest BCUT2D eigenvalue weighted by Gasteiger charge is 2.13. The normalized spacial score (nSPS) is 11.3. The van der Waals surface area contributed by atoms with Crippen LogP contribution in [0.3, 0.4) is 0 Å². The second-order valence-electron chi connectivity index (χ2n) is 5.79. The molecule has 3 rings (SSSR count). The molecule has 0 aromatic heterocycles. The van der Waals surface area contributed by atoms with Gasteiger partial charge in [0.1, 0.15) is 5.75 Å². The van der Waals surface area contributed by atoms with Crippen LogP contribution in [-0.2, 0) is 10.0 Å². The molecule has 28 heavy (non-hydrogen) atoms. The number of phenols is 1. The van der Waals surface area contributed by atoms with Crippen LogP contribution in [0.15, 0.2) is 88.9 Å². The van der Waals surface area contributed by atoms with E-state index in [9.17, 15) is 18.3 Å². The number of benzene rings is 3. The van der Waals surface area contributed by atoms with Gasteiger partial charge in [-0.15, -0.1) is 0 Å². The topological polar surface area (TPSA) is 108 Å². The predicted molar refractivity (Wildman–Crippen MR) is 107 cm³/mol. The van der Waals surface area contributed by atoms with Crippen LogP contribution in [0.2, 0.25) is 0 Å². The van der Waals surface area contributed by atoms with Crippen LogP contribution in [-0.4, -0.2) is 25.6 Å². The van der Waals surface area contributed by atoms with E-state index >= 15 is 0 Å². The highest BCUT2D eigenvalue weighted by atomic mass is 32.2. The number of nitrogens with zero attached hydrogens (tertiary/aromatic N) is 1. The standard InChI is InChI=1S/C20H17N3O4S/c24-18-6-4-5-15(13-18)14-21-22-20(25)16-9-11-17(12-10-16)23-28(26,27)19-7-2-1-3-8-19/h1-14,23-24H,(H,22,25). The second kappa shape index (κ2) is 8.36. The Morgan fingerprint density at radius 2 is 1.64 bits per heavy atom. The Kier molecular flexibility index (Phi) is 5.71. The SMILES string of the molecule is O=C(NN=Cc1cccc(O)c1)c1ccc(NS(=O)(=O)c2ccccc2)cc1. The van der Waals surface area contributed by atoms with E-state index in [4.69, 9.17) is 0 Å². The summed E-state index contributed by atoms with van der Waals surface area (Å²) in [6, 6.07) is 20.4. The van der Waals surface area contributed by atoms with E-state index in [0.29, 0.717) is 16.8 Å². The molecule has 0 heterocycles. The third-order valence-corrected chi connectivity index (χ3v) is 5.10. The van der Waals surface area contributed by atoms with E-state index in [1.807, 2.05) is 0 Å². The van der Waals surface area contributed by atoms with Crippen molar-refractivity contribution in [3.05, 3.63) is 90.0 Å². The predicted octanol–water partition coefficient (Wildman–Crippen LogP) is 2.96. The van der Waals surface area contributed by atoms with Crippen molar-refractivity contribution in [1.82, 2.24) is 5.43 Å². The van der Waals surface area contributed by atoms with Crippen molar-refractivity contribution in [3.63, 3.8) is 0 Å². The summed E-state index contributed by atoms with van der Waals surface area (Å²) in [5.74, 6) is -0.349. The van der Waals surface area contributed by atoms with Crippen molar-refractivity contribution in [1.29, 1.82) is 0 Å². The van der Waals surface area contributed by atoms with Crippen molar-refractivity contribution in [2.75, 3.05) is 4.72 Å². The zero-order valence-corrected chi connectivity index (χ0v) is 15.4. The molecule has 8 heteroatoms. The summed E-state index contributed by atoms with van der Waals surface area (Å²) < 4.78 is 27.0. The zero-order chi connectivity index (χ0) is 20.0. The summed E-state index contributed by atoms with van der Waals surface area (Å²) in [6.07, 6.45) is 1.40. The van der Waals surface area contributed by atoms with E-state index in [-0.39, 0.29) is 10.6 Å². The lowest BCUT2D eigenvalue weighted by atomic mass is 10.2. The summed E-state index contributed by atoms with van der Waals surface area (Å²) in [7, 11) is -3.69. The number of hydrazone groups is 1. The van der Waals surface area contributed by atoms with E-state index in [0.717, 1.165) is 0 Å². The Morgan fingerprint density at radius 1 is 0.929 bits per heavy atom. The van der Waals surface area contributed by atoms with Crippen molar-refractivity contribution < 1.29 is 18.3 Å². The molecule has 0 saturated heterocycles. The van der Waals surface area contributed by atoms with Crippen LogP contribution in [0.5, 0.6) is 5.75 Å². The maximum atomic E-state index is 12.3. The molecule has 0 spiro atoms. The minimum absolute atomic E-state index is 0.101. The number of phenolic OH excluding ortho intramolecular Hbond substituents is 1. The number of amides is 1. The summed E-state index contributed by atoms with van der Waals surface area (Å²) in [5.41, 5.74) is 3.65. The van der Waals surface area contributed by atoms with Gasteiger partial charge in [0.15, 0.2) is 0 Å². The molecule has 3 N–H and O–H groups in total. The van der Waals surface area contributed by atoms with Crippen LogP contribution in [0.4, 0.5) is 5.69 Å². The van der Waals surface area contributed by atoms with E-state index in [2.05, 4.69) is 15.2 Å². The van der Waals surface area contributed by atoms with Crippen molar-refractivity contribution >= 4 is 27.8 Å². The van der Waals surface area contributed by atoms with Crippen LogP contribution in [0.25, 0.3) is 0 Å². The lowest BCUT2D eigenvalue weighted by Gasteiger charge is -2.08. The molecule has 0 unspecified atom stereocenters. The molecule has 3 aromatic carbocycles. The minimum atomic E-state index is -3.69. The summed E-state index contributed by atoms with van der Waals surface area (Å²) >= 11 is 0. The van der Waals surface area contributed by atoms with Gasteiger partial charge in [0.2, 0.25) is 0 Å². The van der Waals surface area contributed by atoms with Gasteiger partial charge in [-0.05, 0) is 54.1 Å². The molecule has 0 aliphatic carbocycles. The number of nitrogens with one attached hydrogen (secondary N) is 2. The van der Waals surface area contributed by atoms with Gasteiger partial charge >= 0.3 is 0 Å². The molecule has 7 nitrogen and oxygen atoms in total. The van der Waals surface area contributed by atoms with Gasteiger partial charge < -0.3 is 5.11 Å². The number of carbonyl (C=O) groups excluding carboxylic acids is 1.